The largest absolute Gasteiger partial charge is 0.508 e. The minimum absolute atomic E-state index is 0.0134. The van der Waals surface area contributed by atoms with Crippen LogP contribution < -0.4 is 19.5 Å². The smallest absolute Gasteiger partial charge is 0.257 e. The van der Waals surface area contributed by atoms with E-state index in [0.717, 1.165) is 5.56 Å². The summed E-state index contributed by atoms with van der Waals surface area (Å²) < 4.78 is 16.9. The van der Waals surface area contributed by atoms with Crippen molar-refractivity contribution in [2.75, 3.05) is 26.6 Å². The number of phenols is 1. The Morgan fingerprint density at radius 1 is 1.10 bits per heavy atom. The van der Waals surface area contributed by atoms with Gasteiger partial charge in [-0.1, -0.05) is 23.5 Å². The summed E-state index contributed by atoms with van der Waals surface area (Å²) in [6.07, 6.45) is 3.57. The monoisotopic (exact) mass is 491 g/mol. The Hall–Kier alpha value is -3.11. The van der Waals surface area contributed by atoms with Gasteiger partial charge in [-0.05, 0) is 51.8 Å². The zero-order valence-electron chi connectivity index (χ0n) is 16.3. The molecule has 2 N–H and O–H groups in total. The van der Waals surface area contributed by atoms with Crippen molar-refractivity contribution >= 4 is 50.5 Å². The molecule has 0 fully saturated rings. The van der Waals surface area contributed by atoms with Crippen molar-refractivity contribution < 1.29 is 24.1 Å². The average molecular weight is 492 g/mol. The Labute approximate surface area is 185 Å². The van der Waals surface area contributed by atoms with E-state index in [2.05, 4.69) is 31.4 Å². The number of hydrogen-bond donors (Lipinski definition) is 2. The molecule has 0 radical (unpaired) electrons. The van der Waals surface area contributed by atoms with Crippen LogP contribution in [-0.2, 0) is 0 Å². The molecule has 0 aliphatic carbocycles. The van der Waals surface area contributed by atoms with Crippen LogP contribution in [0.4, 0.5) is 5.13 Å². The Morgan fingerprint density at radius 3 is 2.53 bits per heavy atom. The molecule has 8 nitrogen and oxygen atoms in total. The van der Waals surface area contributed by atoms with E-state index in [0.29, 0.717) is 37.4 Å². The predicted molar refractivity (Wildman–Crippen MR) is 119 cm³/mol. The number of carbonyl (C=O) groups excluding carboxylic acids is 1. The Balaban J connectivity index is 1.80. The van der Waals surface area contributed by atoms with Gasteiger partial charge in [0, 0.05) is 5.56 Å². The van der Waals surface area contributed by atoms with Crippen LogP contribution in [0.5, 0.6) is 23.0 Å². The summed E-state index contributed by atoms with van der Waals surface area (Å²) in [6, 6.07) is 7.85. The molecule has 3 aromatic rings. The maximum absolute atomic E-state index is 12.3. The number of ether oxygens (including phenoxy) is 3. The van der Waals surface area contributed by atoms with Crippen molar-refractivity contribution in [2.24, 2.45) is 0 Å². The van der Waals surface area contributed by atoms with Crippen molar-refractivity contribution in [2.45, 2.75) is 0 Å². The highest BCUT2D eigenvalue weighted by molar-refractivity contribution is 9.10. The lowest BCUT2D eigenvalue weighted by atomic mass is 10.1. The molecule has 0 unspecified atom stereocenters. The standard InChI is InChI=1S/C20H18BrN3O5S/c1-27-14-10-11(16(21)18(29-3)17(14)28-2)7-8-15-23-24-20(30-15)22-19(26)12-5-4-6-13(25)9-12/h4-10,25H,1-3H3,(H,22,24,26)/b8-7+. The minimum Gasteiger partial charge on any atom is -0.508 e. The van der Waals surface area contributed by atoms with E-state index in [1.807, 2.05) is 6.08 Å². The second kappa shape index (κ2) is 9.59. The second-order valence-electron chi connectivity index (χ2n) is 5.83. The molecule has 1 aromatic heterocycles. The van der Waals surface area contributed by atoms with E-state index in [1.54, 1.807) is 38.5 Å². The minimum atomic E-state index is -0.384. The van der Waals surface area contributed by atoms with E-state index in [1.165, 1.54) is 30.6 Å². The first-order chi connectivity index (χ1) is 14.5. The average Bonchev–Trinajstić information content (AvgIpc) is 3.19. The second-order valence-corrected chi connectivity index (χ2v) is 7.63. The highest BCUT2D eigenvalue weighted by atomic mass is 79.9. The number of halogens is 1. The van der Waals surface area contributed by atoms with Gasteiger partial charge in [0.1, 0.15) is 10.8 Å². The van der Waals surface area contributed by atoms with E-state index in [9.17, 15) is 9.90 Å². The summed E-state index contributed by atoms with van der Waals surface area (Å²) in [5, 5.41) is 21.1. The third-order valence-corrected chi connectivity index (χ3v) is 5.59. The molecule has 0 aliphatic rings. The van der Waals surface area contributed by atoms with Gasteiger partial charge in [0.05, 0.1) is 25.8 Å². The molecule has 0 aliphatic heterocycles. The Morgan fingerprint density at radius 2 is 1.87 bits per heavy atom. The van der Waals surface area contributed by atoms with Gasteiger partial charge < -0.3 is 19.3 Å². The molecule has 0 bridgehead atoms. The summed E-state index contributed by atoms with van der Waals surface area (Å²) in [5.74, 6) is 1.14. The van der Waals surface area contributed by atoms with Gasteiger partial charge in [0.15, 0.2) is 11.5 Å². The molecular weight excluding hydrogens is 474 g/mol. The highest BCUT2D eigenvalue weighted by Gasteiger charge is 2.18. The van der Waals surface area contributed by atoms with Crippen LogP contribution in [-0.4, -0.2) is 42.5 Å². The number of hydrogen-bond acceptors (Lipinski definition) is 8. The lowest BCUT2D eigenvalue weighted by Gasteiger charge is -2.15. The first kappa shape index (κ1) is 21.6. The molecule has 0 spiro atoms. The SMILES string of the molecule is COc1cc(/C=C/c2nnc(NC(=O)c3cccc(O)c3)s2)c(Br)c(OC)c1OC. The topological polar surface area (TPSA) is 103 Å². The molecule has 3 rings (SSSR count). The number of nitrogens with one attached hydrogen (secondary N) is 1. The third-order valence-electron chi connectivity index (χ3n) is 3.97. The van der Waals surface area contributed by atoms with Crippen LogP contribution in [0.15, 0.2) is 34.8 Å². The first-order valence-corrected chi connectivity index (χ1v) is 10.2. The maximum atomic E-state index is 12.3. The summed E-state index contributed by atoms with van der Waals surface area (Å²) in [6.45, 7) is 0. The van der Waals surface area contributed by atoms with Crippen molar-refractivity contribution in [3.8, 4) is 23.0 Å². The quantitative estimate of drug-likeness (QED) is 0.502. The summed E-state index contributed by atoms with van der Waals surface area (Å²) in [5.41, 5.74) is 1.11. The van der Waals surface area contributed by atoms with Gasteiger partial charge in [-0.2, -0.15) is 0 Å². The number of rotatable bonds is 7. The summed E-state index contributed by atoms with van der Waals surface area (Å²) >= 11 is 4.72. The van der Waals surface area contributed by atoms with Gasteiger partial charge in [-0.25, -0.2) is 0 Å². The van der Waals surface area contributed by atoms with Crippen LogP contribution >= 0.6 is 27.3 Å². The Bertz CT molecular complexity index is 1100. The molecule has 1 heterocycles. The molecule has 10 heteroatoms. The molecule has 156 valence electrons. The third kappa shape index (κ3) is 4.71. The first-order valence-electron chi connectivity index (χ1n) is 8.57. The predicted octanol–water partition coefficient (Wildman–Crippen LogP) is 4.45. The number of amides is 1. The Kier molecular flexibility index (Phi) is 6.91. The molecule has 30 heavy (non-hydrogen) atoms. The van der Waals surface area contributed by atoms with Gasteiger partial charge in [0.2, 0.25) is 10.9 Å². The fourth-order valence-electron chi connectivity index (χ4n) is 2.59. The van der Waals surface area contributed by atoms with E-state index in [-0.39, 0.29) is 11.7 Å². The number of nitrogens with zero attached hydrogens (tertiary/aromatic N) is 2. The number of anilines is 1. The van der Waals surface area contributed by atoms with Gasteiger partial charge in [0.25, 0.3) is 5.91 Å². The number of aromatic hydroxyl groups is 1. The molecule has 0 saturated heterocycles. The molecule has 0 saturated carbocycles. The van der Waals surface area contributed by atoms with E-state index < -0.39 is 0 Å². The number of aromatic nitrogens is 2. The van der Waals surface area contributed by atoms with Crippen molar-refractivity contribution in [3.63, 3.8) is 0 Å². The number of benzene rings is 2. The molecule has 1 amide bonds. The van der Waals surface area contributed by atoms with Crippen molar-refractivity contribution in [1.82, 2.24) is 10.2 Å². The van der Waals surface area contributed by atoms with Crippen molar-refractivity contribution in [1.29, 1.82) is 0 Å². The van der Waals surface area contributed by atoms with Crippen LogP contribution in [0.2, 0.25) is 0 Å². The maximum Gasteiger partial charge on any atom is 0.257 e. The zero-order valence-corrected chi connectivity index (χ0v) is 18.7. The molecule has 2 aromatic carbocycles. The van der Waals surface area contributed by atoms with E-state index in [4.69, 9.17) is 14.2 Å². The summed E-state index contributed by atoms with van der Waals surface area (Å²) in [4.78, 5) is 12.3. The number of methoxy groups -OCH3 is 3. The highest BCUT2D eigenvalue weighted by Crippen LogP contribution is 2.45. The number of phenolic OH excluding ortho intramolecular Hbond substituents is 1. The van der Waals surface area contributed by atoms with Gasteiger partial charge in [-0.3, -0.25) is 10.1 Å². The van der Waals surface area contributed by atoms with E-state index >= 15 is 0 Å². The van der Waals surface area contributed by atoms with Gasteiger partial charge in [-0.15, -0.1) is 10.2 Å². The van der Waals surface area contributed by atoms with Crippen LogP contribution in [0.1, 0.15) is 20.9 Å². The lowest BCUT2D eigenvalue weighted by molar-refractivity contribution is 0.102. The molecule has 0 atom stereocenters. The van der Waals surface area contributed by atoms with Gasteiger partial charge >= 0.3 is 0 Å². The summed E-state index contributed by atoms with van der Waals surface area (Å²) in [7, 11) is 4.63. The fourth-order valence-corrected chi connectivity index (χ4v) is 3.82. The van der Waals surface area contributed by atoms with Crippen LogP contribution in [0.25, 0.3) is 12.2 Å². The lowest BCUT2D eigenvalue weighted by Crippen LogP contribution is -2.11. The fraction of sp³-hybridized carbons (Fsp3) is 0.150. The zero-order chi connectivity index (χ0) is 21.7. The van der Waals surface area contributed by atoms with Crippen LogP contribution in [0.3, 0.4) is 0 Å². The van der Waals surface area contributed by atoms with Crippen molar-refractivity contribution in [3.05, 3.63) is 50.9 Å². The molecular formula is C20H18BrN3O5S. The number of carbonyl (C=O) groups is 1. The van der Waals surface area contributed by atoms with Crippen LogP contribution in [0, 0.1) is 0 Å². The normalized spacial score (nSPS) is 10.8.